The van der Waals surface area contributed by atoms with Gasteiger partial charge in [0.15, 0.2) is 0 Å². The maximum absolute atomic E-state index is 12.2. The quantitative estimate of drug-likeness (QED) is 0.814. The molecule has 0 aliphatic carbocycles. The Labute approximate surface area is 126 Å². The molecule has 0 unspecified atom stereocenters. The van der Waals surface area contributed by atoms with Gasteiger partial charge in [0.05, 0.1) is 24.0 Å². The molecule has 3 N–H and O–H groups in total. The molecule has 0 saturated carbocycles. The van der Waals surface area contributed by atoms with E-state index in [1.807, 2.05) is 26.0 Å². The van der Waals surface area contributed by atoms with Gasteiger partial charge in [-0.2, -0.15) is 0 Å². The van der Waals surface area contributed by atoms with Crippen LogP contribution in [0.1, 0.15) is 25.3 Å². The highest BCUT2D eigenvalue weighted by Gasteiger charge is 2.21. The van der Waals surface area contributed by atoms with Gasteiger partial charge in [-0.1, -0.05) is 12.1 Å². The number of piperidine rings is 1. The lowest BCUT2D eigenvalue weighted by atomic mass is 10.1. The monoisotopic (exact) mass is 291 g/mol. The molecule has 5 nitrogen and oxygen atoms in total. The van der Waals surface area contributed by atoms with Gasteiger partial charge in [0, 0.05) is 19.7 Å². The van der Waals surface area contributed by atoms with E-state index in [1.54, 1.807) is 6.07 Å². The van der Waals surface area contributed by atoms with Crippen molar-refractivity contribution in [3.8, 4) is 0 Å². The summed E-state index contributed by atoms with van der Waals surface area (Å²) in [5, 5.41) is 2.93. The summed E-state index contributed by atoms with van der Waals surface area (Å²) in [6.45, 7) is 6.94. The third kappa shape index (κ3) is 4.44. The Hall–Kier alpha value is -1.59. The highest BCUT2D eigenvalue weighted by molar-refractivity contribution is 5.96. The highest BCUT2D eigenvalue weighted by Crippen LogP contribution is 2.22. The third-order valence-electron chi connectivity index (χ3n) is 3.87. The van der Waals surface area contributed by atoms with E-state index in [-0.39, 0.29) is 5.91 Å². The second-order valence-electron chi connectivity index (χ2n) is 5.52. The summed E-state index contributed by atoms with van der Waals surface area (Å²) in [7, 11) is 0. The molecule has 1 fully saturated rings. The Morgan fingerprint density at radius 2 is 2.14 bits per heavy atom. The molecule has 1 aliphatic heterocycles. The van der Waals surface area contributed by atoms with Crippen LogP contribution >= 0.6 is 0 Å². The molecular weight excluding hydrogens is 266 g/mol. The van der Waals surface area contributed by atoms with Crippen LogP contribution < -0.4 is 11.1 Å². The predicted octanol–water partition coefficient (Wildman–Crippen LogP) is 2.02. The molecular formula is C16H25N3O2. The Morgan fingerprint density at radius 1 is 1.43 bits per heavy atom. The van der Waals surface area contributed by atoms with E-state index >= 15 is 0 Å². The van der Waals surface area contributed by atoms with Crippen LogP contribution in [0.3, 0.4) is 0 Å². The molecule has 5 heteroatoms. The second kappa shape index (κ2) is 7.43. The topological polar surface area (TPSA) is 67.6 Å². The summed E-state index contributed by atoms with van der Waals surface area (Å²) in [6.07, 6.45) is 2.34. The number of amides is 1. The number of nitrogen functional groups attached to an aromatic ring is 1. The smallest absolute Gasteiger partial charge is 0.238 e. The standard InChI is InChI=1S/C16H25N3O2/c1-3-21-13-7-9-19(10-8-13)11-15(20)18-16-12(2)5-4-6-14(16)17/h4-6,13H,3,7-11,17H2,1-2H3,(H,18,20). The Balaban J connectivity index is 1.83. The van der Waals surface area contributed by atoms with Gasteiger partial charge in [-0.05, 0) is 38.3 Å². The molecule has 21 heavy (non-hydrogen) atoms. The fourth-order valence-corrected chi connectivity index (χ4v) is 2.71. The minimum absolute atomic E-state index is 0.00846. The van der Waals surface area contributed by atoms with Crippen molar-refractivity contribution in [2.45, 2.75) is 32.8 Å². The molecule has 1 amide bonds. The molecule has 0 aromatic heterocycles. The van der Waals surface area contributed by atoms with Crippen molar-refractivity contribution < 1.29 is 9.53 Å². The van der Waals surface area contributed by atoms with Gasteiger partial charge >= 0.3 is 0 Å². The van der Waals surface area contributed by atoms with Gasteiger partial charge in [-0.15, -0.1) is 0 Å². The zero-order valence-corrected chi connectivity index (χ0v) is 12.9. The summed E-state index contributed by atoms with van der Waals surface area (Å²) in [6, 6.07) is 5.63. The number of para-hydroxylation sites is 1. The first kappa shape index (κ1) is 15.8. The van der Waals surface area contributed by atoms with Crippen molar-refractivity contribution in [3.63, 3.8) is 0 Å². The van der Waals surface area contributed by atoms with Crippen molar-refractivity contribution in [2.24, 2.45) is 0 Å². The minimum Gasteiger partial charge on any atom is -0.397 e. The molecule has 0 atom stereocenters. The van der Waals surface area contributed by atoms with Crippen molar-refractivity contribution in [1.29, 1.82) is 0 Å². The number of aryl methyl sites for hydroxylation is 1. The van der Waals surface area contributed by atoms with Crippen molar-refractivity contribution >= 4 is 17.3 Å². The third-order valence-corrected chi connectivity index (χ3v) is 3.87. The molecule has 2 rings (SSSR count). The number of nitrogens with zero attached hydrogens (tertiary/aromatic N) is 1. The van der Waals surface area contributed by atoms with Crippen LogP contribution in [0.5, 0.6) is 0 Å². The van der Waals surface area contributed by atoms with Crippen LogP contribution in [-0.4, -0.2) is 43.2 Å². The Bertz CT molecular complexity index is 462. The number of carbonyl (C=O) groups is 1. The molecule has 116 valence electrons. The van der Waals surface area contributed by atoms with Crippen molar-refractivity contribution in [2.75, 3.05) is 37.3 Å². The number of ether oxygens (including phenoxy) is 1. The van der Waals surface area contributed by atoms with Gasteiger partial charge < -0.3 is 15.8 Å². The SMILES string of the molecule is CCOC1CCN(CC(=O)Nc2c(C)cccc2N)CC1. The van der Waals surface area contributed by atoms with Gasteiger partial charge in [-0.3, -0.25) is 9.69 Å². The van der Waals surface area contributed by atoms with E-state index in [0.717, 1.165) is 43.8 Å². The van der Waals surface area contributed by atoms with Crippen LogP contribution in [0, 0.1) is 6.92 Å². The maximum atomic E-state index is 12.2. The van der Waals surface area contributed by atoms with Crippen molar-refractivity contribution in [3.05, 3.63) is 23.8 Å². The first-order valence-corrected chi connectivity index (χ1v) is 7.59. The van der Waals surface area contributed by atoms with Crippen LogP contribution in [0.4, 0.5) is 11.4 Å². The van der Waals surface area contributed by atoms with Crippen LogP contribution in [0.25, 0.3) is 0 Å². The lowest BCUT2D eigenvalue weighted by Crippen LogP contribution is -2.41. The second-order valence-corrected chi connectivity index (χ2v) is 5.52. The van der Waals surface area contributed by atoms with Gasteiger partial charge in [0.2, 0.25) is 5.91 Å². The number of benzene rings is 1. The molecule has 0 radical (unpaired) electrons. The Morgan fingerprint density at radius 3 is 2.76 bits per heavy atom. The summed E-state index contributed by atoms with van der Waals surface area (Å²) >= 11 is 0. The van der Waals surface area contributed by atoms with E-state index < -0.39 is 0 Å². The van der Waals surface area contributed by atoms with Crippen molar-refractivity contribution in [1.82, 2.24) is 4.90 Å². The number of likely N-dealkylation sites (tertiary alicyclic amines) is 1. The summed E-state index contributed by atoms with van der Waals surface area (Å²) in [5.74, 6) is -0.00846. The molecule has 1 aromatic rings. The molecule has 0 spiro atoms. The number of carbonyl (C=O) groups excluding carboxylic acids is 1. The number of anilines is 2. The van der Waals surface area contributed by atoms with E-state index in [2.05, 4.69) is 10.2 Å². The average molecular weight is 291 g/mol. The van der Waals surface area contributed by atoms with E-state index in [1.165, 1.54) is 0 Å². The lowest BCUT2D eigenvalue weighted by molar-refractivity contribution is -0.118. The zero-order chi connectivity index (χ0) is 15.2. The van der Waals surface area contributed by atoms with Crippen LogP contribution in [-0.2, 0) is 9.53 Å². The first-order valence-electron chi connectivity index (χ1n) is 7.59. The molecule has 1 heterocycles. The van der Waals surface area contributed by atoms with E-state index in [0.29, 0.717) is 18.3 Å². The van der Waals surface area contributed by atoms with Gasteiger partial charge in [0.25, 0.3) is 0 Å². The maximum Gasteiger partial charge on any atom is 0.238 e. The van der Waals surface area contributed by atoms with Gasteiger partial charge in [-0.25, -0.2) is 0 Å². The molecule has 0 bridgehead atoms. The molecule has 1 aromatic carbocycles. The molecule has 1 saturated heterocycles. The van der Waals surface area contributed by atoms with Crippen LogP contribution in [0.15, 0.2) is 18.2 Å². The fourth-order valence-electron chi connectivity index (χ4n) is 2.71. The zero-order valence-electron chi connectivity index (χ0n) is 12.9. The summed E-state index contributed by atoms with van der Waals surface area (Å²) in [5.41, 5.74) is 8.23. The average Bonchev–Trinajstić information content (AvgIpc) is 2.45. The number of rotatable bonds is 5. The minimum atomic E-state index is -0.00846. The number of hydrogen-bond donors (Lipinski definition) is 2. The highest BCUT2D eigenvalue weighted by atomic mass is 16.5. The molecule has 1 aliphatic rings. The van der Waals surface area contributed by atoms with Gasteiger partial charge in [0.1, 0.15) is 0 Å². The summed E-state index contributed by atoms with van der Waals surface area (Å²) < 4.78 is 5.62. The number of nitrogens with two attached hydrogens (primary N) is 1. The first-order chi connectivity index (χ1) is 10.1. The number of nitrogens with one attached hydrogen (secondary N) is 1. The normalized spacial score (nSPS) is 16.9. The lowest BCUT2D eigenvalue weighted by Gasteiger charge is -2.31. The van der Waals surface area contributed by atoms with Crippen LogP contribution in [0.2, 0.25) is 0 Å². The fraction of sp³-hybridized carbons (Fsp3) is 0.562. The predicted molar refractivity (Wildman–Crippen MR) is 85.3 cm³/mol. The largest absolute Gasteiger partial charge is 0.397 e. The van der Waals surface area contributed by atoms with E-state index in [4.69, 9.17) is 10.5 Å². The van der Waals surface area contributed by atoms with E-state index in [9.17, 15) is 4.79 Å². The summed E-state index contributed by atoms with van der Waals surface area (Å²) in [4.78, 5) is 14.3. The number of hydrogen-bond acceptors (Lipinski definition) is 4. The Kier molecular flexibility index (Phi) is 5.59.